The number of halogens is 3. The minimum Gasteiger partial charge on any atom is -0.381 e. The van der Waals surface area contributed by atoms with E-state index in [1.54, 1.807) is 13.8 Å². The lowest BCUT2D eigenvalue weighted by atomic mass is 9.97. The summed E-state index contributed by atoms with van der Waals surface area (Å²) in [6.07, 6.45) is 0.0257. The molecule has 1 aliphatic carbocycles. The maximum Gasteiger partial charge on any atom is 0.379 e. The van der Waals surface area contributed by atoms with Crippen LogP contribution in [0.25, 0.3) is 10.9 Å². The molecule has 1 aromatic carbocycles. The summed E-state index contributed by atoms with van der Waals surface area (Å²) in [7, 11) is -5.04. The fraction of sp³-hybridized carbons (Fsp3) is 0.409. The lowest BCUT2D eigenvalue weighted by Gasteiger charge is -2.21. The van der Waals surface area contributed by atoms with Gasteiger partial charge in [-0.1, -0.05) is 12.1 Å². The maximum absolute atomic E-state index is 14.3. The zero-order chi connectivity index (χ0) is 24.6. The number of nitrogens with zero attached hydrogens (tertiary/aromatic N) is 3. The van der Waals surface area contributed by atoms with Crippen molar-refractivity contribution in [2.75, 3.05) is 12.0 Å². The Hall–Kier alpha value is -2.99. The van der Waals surface area contributed by atoms with Crippen molar-refractivity contribution in [3.63, 3.8) is 0 Å². The van der Waals surface area contributed by atoms with Crippen LogP contribution in [-0.4, -0.2) is 40.0 Å². The second kappa shape index (κ2) is 7.25. The number of aliphatic hydroxyl groups excluding tert-OH is 1. The predicted molar refractivity (Wildman–Crippen MR) is 117 cm³/mol. The van der Waals surface area contributed by atoms with Gasteiger partial charge < -0.3 is 15.0 Å². The third-order valence-electron chi connectivity index (χ3n) is 6.59. The van der Waals surface area contributed by atoms with Crippen LogP contribution in [0.15, 0.2) is 40.2 Å². The van der Waals surface area contributed by atoms with Crippen molar-refractivity contribution in [3.05, 3.63) is 57.8 Å². The molecule has 12 heteroatoms. The fourth-order valence-electron chi connectivity index (χ4n) is 4.49. The fourth-order valence-corrected chi connectivity index (χ4v) is 5.97. The number of rotatable bonds is 5. The minimum atomic E-state index is -5.04. The summed E-state index contributed by atoms with van der Waals surface area (Å²) in [5, 5.41) is 9.34. The summed E-state index contributed by atoms with van der Waals surface area (Å²) in [6, 6.07) is 4.36. The standard InChI is InChI=1S/C22H21F3N4O4S/c1-11(13-4-3-5-16-18(13)19(31)22(24,25)34(16,32)33)26-20-14-9-29(21(10-23)6-7-21)17(30)8-15(14)27-12(2)28-20/h3-5,8-9,11,19,31H,6-7,10H2,1-2H3,(H,26,27,28)/t11-,19-/m1/s1. The molecule has 8 nitrogen and oxygen atoms in total. The number of benzene rings is 1. The summed E-state index contributed by atoms with van der Waals surface area (Å²) >= 11 is 0. The van der Waals surface area contributed by atoms with Crippen LogP contribution < -0.4 is 10.9 Å². The predicted octanol–water partition coefficient (Wildman–Crippen LogP) is 3.15. The highest BCUT2D eigenvalue weighted by Gasteiger charge is 2.61. The van der Waals surface area contributed by atoms with Crippen molar-refractivity contribution in [1.29, 1.82) is 0 Å². The molecule has 2 atom stereocenters. The number of hydrogen-bond donors (Lipinski definition) is 2. The molecule has 2 aliphatic rings. The summed E-state index contributed by atoms with van der Waals surface area (Å²) in [5.74, 6) is 0.594. The monoisotopic (exact) mass is 494 g/mol. The van der Waals surface area contributed by atoms with Crippen molar-refractivity contribution in [3.8, 4) is 0 Å². The van der Waals surface area contributed by atoms with E-state index in [4.69, 9.17) is 0 Å². The number of aryl methyl sites for hydroxylation is 1. The Bertz CT molecular complexity index is 1500. The zero-order valence-corrected chi connectivity index (χ0v) is 19.0. The number of pyridine rings is 1. The molecule has 2 N–H and O–H groups in total. The molecule has 1 fully saturated rings. The first-order valence-electron chi connectivity index (χ1n) is 10.6. The van der Waals surface area contributed by atoms with Crippen molar-refractivity contribution in [2.45, 2.75) is 54.5 Å². The van der Waals surface area contributed by atoms with E-state index in [2.05, 4.69) is 15.3 Å². The third kappa shape index (κ3) is 3.08. The van der Waals surface area contributed by atoms with Crippen LogP contribution in [0.4, 0.5) is 19.0 Å². The molecule has 1 saturated carbocycles. The van der Waals surface area contributed by atoms with Crippen LogP contribution in [0.2, 0.25) is 0 Å². The van der Waals surface area contributed by atoms with Gasteiger partial charge in [-0.3, -0.25) is 4.79 Å². The molecule has 0 spiro atoms. The topological polar surface area (TPSA) is 114 Å². The largest absolute Gasteiger partial charge is 0.381 e. The average molecular weight is 494 g/mol. The first kappa shape index (κ1) is 22.8. The van der Waals surface area contributed by atoms with Gasteiger partial charge in [-0.05, 0) is 38.3 Å². The van der Waals surface area contributed by atoms with E-state index in [0.717, 1.165) is 6.07 Å². The summed E-state index contributed by atoms with van der Waals surface area (Å²) in [4.78, 5) is 20.6. The highest BCUT2D eigenvalue weighted by atomic mass is 32.2. The molecule has 2 aromatic heterocycles. The van der Waals surface area contributed by atoms with Crippen molar-refractivity contribution < 1.29 is 26.7 Å². The minimum absolute atomic E-state index is 0.158. The molecular formula is C22H21F3N4O4S. The molecule has 0 saturated heterocycles. The number of aliphatic hydroxyl groups is 1. The van der Waals surface area contributed by atoms with Gasteiger partial charge in [-0.25, -0.2) is 22.8 Å². The molecule has 1 aliphatic heterocycles. The van der Waals surface area contributed by atoms with Gasteiger partial charge in [0.15, 0.2) is 6.10 Å². The van der Waals surface area contributed by atoms with E-state index in [-0.39, 0.29) is 16.9 Å². The number of nitrogens with one attached hydrogen (secondary N) is 1. The lowest BCUT2D eigenvalue weighted by molar-refractivity contribution is -0.0380. The molecule has 0 radical (unpaired) electrons. The van der Waals surface area contributed by atoms with Crippen LogP contribution in [0.5, 0.6) is 0 Å². The van der Waals surface area contributed by atoms with Crippen LogP contribution >= 0.6 is 0 Å². The van der Waals surface area contributed by atoms with Gasteiger partial charge >= 0.3 is 5.25 Å². The second-order valence-electron chi connectivity index (χ2n) is 8.85. The van der Waals surface area contributed by atoms with Gasteiger partial charge in [0.1, 0.15) is 18.3 Å². The van der Waals surface area contributed by atoms with Crippen molar-refractivity contribution in [1.82, 2.24) is 14.5 Å². The maximum atomic E-state index is 14.3. The van der Waals surface area contributed by atoms with E-state index in [1.807, 2.05) is 0 Å². The van der Waals surface area contributed by atoms with E-state index < -0.39 is 49.9 Å². The lowest BCUT2D eigenvalue weighted by Crippen LogP contribution is -2.31. The van der Waals surface area contributed by atoms with Crippen LogP contribution in [0.3, 0.4) is 0 Å². The molecular weight excluding hydrogens is 473 g/mol. The van der Waals surface area contributed by atoms with Crippen LogP contribution in [-0.2, 0) is 15.4 Å². The Kier molecular flexibility index (Phi) is 4.86. The number of hydrogen-bond acceptors (Lipinski definition) is 7. The SMILES string of the molecule is Cc1nc(N[C@H](C)c2cccc3c2[C@@H](O)C(F)(F)S3(=O)=O)c2cn(C3(CF)CC3)c(=O)cc2n1. The number of alkyl halides is 3. The Balaban J connectivity index is 1.61. The van der Waals surface area contributed by atoms with Gasteiger partial charge in [0.2, 0.25) is 9.84 Å². The van der Waals surface area contributed by atoms with Gasteiger partial charge in [-0.15, -0.1) is 0 Å². The third-order valence-corrected chi connectivity index (χ3v) is 8.46. The molecule has 3 heterocycles. The molecule has 0 unspecified atom stereocenters. The molecule has 0 bridgehead atoms. The molecule has 0 amide bonds. The molecule has 3 aromatic rings. The van der Waals surface area contributed by atoms with Gasteiger partial charge in [0.05, 0.1) is 27.4 Å². The smallest absolute Gasteiger partial charge is 0.379 e. The Labute approximate surface area is 192 Å². The van der Waals surface area contributed by atoms with Crippen LogP contribution in [0.1, 0.15) is 48.9 Å². The molecule has 180 valence electrons. The average Bonchev–Trinajstić information content (AvgIpc) is 3.55. The van der Waals surface area contributed by atoms with Gasteiger partial charge in [0.25, 0.3) is 5.56 Å². The quantitative estimate of drug-likeness (QED) is 0.560. The summed E-state index contributed by atoms with van der Waals surface area (Å²) in [6.45, 7) is 2.53. The van der Waals surface area contributed by atoms with E-state index in [0.29, 0.717) is 29.6 Å². The van der Waals surface area contributed by atoms with E-state index in [9.17, 15) is 31.5 Å². The Morgan fingerprint density at radius 2 is 2.00 bits per heavy atom. The Morgan fingerprint density at radius 3 is 2.65 bits per heavy atom. The van der Waals surface area contributed by atoms with Crippen LogP contribution in [0, 0.1) is 6.92 Å². The number of aromatic nitrogens is 3. The van der Waals surface area contributed by atoms with E-state index in [1.165, 1.54) is 29.0 Å². The highest BCUT2D eigenvalue weighted by Crippen LogP contribution is 2.51. The van der Waals surface area contributed by atoms with E-state index >= 15 is 0 Å². The summed E-state index contributed by atoms with van der Waals surface area (Å²) in [5.41, 5.74) is -1.16. The number of anilines is 1. The number of sulfone groups is 1. The first-order chi connectivity index (χ1) is 15.9. The second-order valence-corrected chi connectivity index (χ2v) is 10.8. The molecule has 34 heavy (non-hydrogen) atoms. The Morgan fingerprint density at radius 1 is 1.29 bits per heavy atom. The normalized spacial score (nSPS) is 22.4. The zero-order valence-electron chi connectivity index (χ0n) is 18.2. The highest BCUT2D eigenvalue weighted by molar-refractivity contribution is 7.92. The van der Waals surface area contributed by atoms with Gasteiger partial charge in [0, 0.05) is 17.8 Å². The first-order valence-corrected chi connectivity index (χ1v) is 12.1. The summed E-state index contributed by atoms with van der Waals surface area (Å²) < 4.78 is 68.1. The molecule has 5 rings (SSSR count). The van der Waals surface area contributed by atoms with Crippen molar-refractivity contribution >= 4 is 26.6 Å². The number of fused-ring (bicyclic) bond motifs is 2. The van der Waals surface area contributed by atoms with Crippen molar-refractivity contribution in [2.24, 2.45) is 0 Å². The van der Waals surface area contributed by atoms with Gasteiger partial charge in [-0.2, -0.15) is 8.78 Å².